The Hall–Kier alpha value is -2.30. The lowest BCUT2D eigenvalue weighted by Gasteiger charge is -2.23. The number of carbonyl (C=O) groups excluding carboxylic acids is 1. The molecule has 1 aromatic carbocycles. The average molecular weight is 358 g/mol. The molecule has 1 aromatic heterocycles. The highest BCUT2D eigenvalue weighted by Gasteiger charge is 2.26. The maximum Gasteiger partial charge on any atom is 0.306 e. The highest BCUT2D eigenvalue weighted by atomic mass is 16.4. The van der Waals surface area contributed by atoms with Gasteiger partial charge in [-0.15, -0.1) is 0 Å². The molecule has 0 fully saturated rings. The van der Waals surface area contributed by atoms with Crippen LogP contribution in [0.5, 0.6) is 0 Å². The number of fused-ring (bicyclic) bond motifs is 1. The van der Waals surface area contributed by atoms with Crippen LogP contribution in [0.3, 0.4) is 0 Å². The third-order valence-electron chi connectivity index (χ3n) is 5.08. The number of H-pyrrole nitrogens is 1. The van der Waals surface area contributed by atoms with Gasteiger partial charge in [0, 0.05) is 29.1 Å². The van der Waals surface area contributed by atoms with Crippen molar-refractivity contribution in [2.24, 2.45) is 11.3 Å². The van der Waals surface area contributed by atoms with E-state index < -0.39 is 11.4 Å². The van der Waals surface area contributed by atoms with Crippen LogP contribution in [0.25, 0.3) is 10.9 Å². The predicted octanol–water partition coefficient (Wildman–Crippen LogP) is 4.13. The number of benzene rings is 1. The van der Waals surface area contributed by atoms with E-state index in [1.54, 1.807) is 6.92 Å². The van der Waals surface area contributed by atoms with Crippen LogP contribution in [-0.4, -0.2) is 28.5 Å². The van der Waals surface area contributed by atoms with Crippen molar-refractivity contribution in [1.29, 1.82) is 0 Å². The lowest BCUT2D eigenvalue weighted by atomic mass is 9.85. The van der Waals surface area contributed by atoms with E-state index in [2.05, 4.69) is 16.4 Å². The van der Waals surface area contributed by atoms with Crippen LogP contribution in [-0.2, 0) is 16.0 Å². The molecule has 3 N–H and O–H groups in total. The highest BCUT2D eigenvalue weighted by molar-refractivity contribution is 5.83. The maximum atomic E-state index is 12.5. The zero-order valence-electron chi connectivity index (χ0n) is 16.0. The summed E-state index contributed by atoms with van der Waals surface area (Å²) in [6.07, 6.45) is 5.92. The van der Waals surface area contributed by atoms with E-state index in [9.17, 15) is 9.59 Å². The van der Waals surface area contributed by atoms with Gasteiger partial charge < -0.3 is 15.4 Å². The fourth-order valence-electron chi connectivity index (χ4n) is 3.14. The largest absolute Gasteiger partial charge is 0.481 e. The number of aromatic nitrogens is 1. The zero-order valence-corrected chi connectivity index (χ0v) is 16.0. The minimum absolute atomic E-state index is 0.0589. The van der Waals surface area contributed by atoms with Crippen LogP contribution in [0.1, 0.15) is 52.0 Å². The van der Waals surface area contributed by atoms with E-state index in [4.69, 9.17) is 5.11 Å². The van der Waals surface area contributed by atoms with Crippen LogP contribution in [0.15, 0.2) is 30.5 Å². The average Bonchev–Trinajstić information content (AvgIpc) is 3.01. The Morgan fingerprint density at radius 2 is 1.96 bits per heavy atom. The fourth-order valence-corrected chi connectivity index (χ4v) is 3.14. The van der Waals surface area contributed by atoms with Gasteiger partial charge in [-0.2, -0.15) is 0 Å². The highest BCUT2D eigenvalue weighted by Crippen LogP contribution is 2.25. The van der Waals surface area contributed by atoms with E-state index in [0.717, 1.165) is 31.2 Å². The molecular weight excluding hydrogens is 328 g/mol. The molecular formula is C21H30N2O3. The number of rotatable bonds is 10. The monoisotopic (exact) mass is 358 g/mol. The second-order valence-corrected chi connectivity index (χ2v) is 7.73. The van der Waals surface area contributed by atoms with Crippen molar-refractivity contribution in [2.75, 3.05) is 6.54 Å². The Bertz CT molecular complexity index is 749. The van der Waals surface area contributed by atoms with E-state index in [0.29, 0.717) is 13.0 Å². The number of para-hydroxylation sites is 1. The molecule has 26 heavy (non-hydrogen) atoms. The molecule has 1 atom stereocenters. The van der Waals surface area contributed by atoms with Crippen molar-refractivity contribution in [1.82, 2.24) is 10.3 Å². The first-order valence-corrected chi connectivity index (χ1v) is 9.37. The van der Waals surface area contributed by atoms with Crippen molar-refractivity contribution in [2.45, 2.75) is 52.9 Å². The Balaban J connectivity index is 1.74. The van der Waals surface area contributed by atoms with Gasteiger partial charge in [0.1, 0.15) is 0 Å². The molecule has 5 nitrogen and oxygen atoms in total. The standard InChI is InChI=1S/C21H30N2O3/c1-15(19(24)25)8-6-7-12-21(2,3)20(26)22-13-11-16-14-23-18-10-5-4-9-17(16)18/h4-5,9-10,14-15,23H,6-8,11-13H2,1-3H3,(H,22,26)(H,24,25). The van der Waals surface area contributed by atoms with Gasteiger partial charge >= 0.3 is 5.97 Å². The Morgan fingerprint density at radius 3 is 2.69 bits per heavy atom. The summed E-state index contributed by atoms with van der Waals surface area (Å²) in [5.74, 6) is -1.01. The molecule has 1 heterocycles. The summed E-state index contributed by atoms with van der Waals surface area (Å²) in [4.78, 5) is 26.6. The fraction of sp³-hybridized carbons (Fsp3) is 0.524. The summed E-state index contributed by atoms with van der Waals surface area (Å²) >= 11 is 0. The number of nitrogens with one attached hydrogen (secondary N) is 2. The number of unbranched alkanes of at least 4 members (excludes halogenated alkanes) is 1. The lowest BCUT2D eigenvalue weighted by molar-refractivity contribution is -0.141. The molecule has 2 aromatic rings. The molecule has 1 unspecified atom stereocenters. The summed E-state index contributed by atoms with van der Waals surface area (Å²) < 4.78 is 0. The third kappa shape index (κ3) is 5.35. The van der Waals surface area contributed by atoms with Gasteiger partial charge in [-0.1, -0.05) is 51.8 Å². The van der Waals surface area contributed by atoms with Crippen molar-refractivity contribution in [3.63, 3.8) is 0 Å². The molecule has 0 saturated carbocycles. The Kier molecular flexibility index (Phi) is 6.83. The molecule has 1 amide bonds. The predicted molar refractivity (Wildman–Crippen MR) is 104 cm³/mol. The quantitative estimate of drug-likeness (QED) is 0.558. The zero-order chi connectivity index (χ0) is 19.2. The van der Waals surface area contributed by atoms with Crippen molar-refractivity contribution in [3.05, 3.63) is 36.0 Å². The normalized spacial score (nSPS) is 12.9. The molecule has 0 aliphatic rings. The first-order valence-electron chi connectivity index (χ1n) is 9.37. The summed E-state index contributed by atoms with van der Waals surface area (Å²) in [7, 11) is 0. The molecule has 0 spiro atoms. The minimum Gasteiger partial charge on any atom is -0.481 e. The summed E-state index contributed by atoms with van der Waals surface area (Å²) in [6.45, 7) is 6.24. The van der Waals surface area contributed by atoms with Gasteiger partial charge in [-0.3, -0.25) is 9.59 Å². The topological polar surface area (TPSA) is 82.2 Å². The number of carboxylic acid groups (broad SMARTS) is 1. The molecule has 0 aliphatic heterocycles. The Morgan fingerprint density at radius 1 is 1.23 bits per heavy atom. The van der Waals surface area contributed by atoms with Crippen molar-refractivity contribution >= 4 is 22.8 Å². The van der Waals surface area contributed by atoms with E-state index in [1.165, 1.54) is 10.9 Å². The first kappa shape index (κ1) is 20.0. The summed E-state index contributed by atoms with van der Waals surface area (Å²) in [5.41, 5.74) is 1.89. The number of amides is 1. The van der Waals surface area contributed by atoms with E-state index in [1.807, 2.05) is 38.2 Å². The third-order valence-corrected chi connectivity index (χ3v) is 5.08. The number of aliphatic carboxylic acids is 1. The SMILES string of the molecule is CC(CCCCC(C)(C)C(=O)NCCc1c[nH]c2ccccc12)C(=O)O. The van der Waals surface area contributed by atoms with Gasteiger partial charge in [0.05, 0.1) is 5.92 Å². The van der Waals surface area contributed by atoms with E-state index in [-0.39, 0.29) is 11.8 Å². The number of carboxylic acids is 1. The molecule has 142 valence electrons. The minimum atomic E-state index is -0.751. The Labute approximate surface area is 155 Å². The number of hydrogen-bond donors (Lipinski definition) is 3. The molecule has 0 saturated heterocycles. The number of hydrogen-bond acceptors (Lipinski definition) is 2. The summed E-state index contributed by atoms with van der Waals surface area (Å²) in [5, 5.41) is 13.2. The van der Waals surface area contributed by atoms with Crippen molar-refractivity contribution < 1.29 is 14.7 Å². The van der Waals surface area contributed by atoms with E-state index >= 15 is 0 Å². The smallest absolute Gasteiger partial charge is 0.306 e. The van der Waals surface area contributed by atoms with Crippen LogP contribution in [0.4, 0.5) is 0 Å². The number of aromatic amines is 1. The molecule has 2 rings (SSSR count). The van der Waals surface area contributed by atoms with Crippen LogP contribution in [0, 0.1) is 11.3 Å². The number of carbonyl (C=O) groups is 2. The maximum absolute atomic E-state index is 12.5. The van der Waals surface area contributed by atoms with Gasteiger partial charge in [-0.05, 0) is 30.9 Å². The van der Waals surface area contributed by atoms with Gasteiger partial charge in [0.2, 0.25) is 5.91 Å². The van der Waals surface area contributed by atoms with Gasteiger partial charge in [0.25, 0.3) is 0 Å². The molecule has 5 heteroatoms. The lowest BCUT2D eigenvalue weighted by Crippen LogP contribution is -2.37. The van der Waals surface area contributed by atoms with Gasteiger partial charge in [-0.25, -0.2) is 0 Å². The van der Waals surface area contributed by atoms with Crippen molar-refractivity contribution in [3.8, 4) is 0 Å². The second-order valence-electron chi connectivity index (χ2n) is 7.73. The second kappa shape index (κ2) is 8.88. The summed E-state index contributed by atoms with van der Waals surface area (Å²) in [6, 6.07) is 8.16. The van der Waals surface area contributed by atoms with Crippen LogP contribution in [0.2, 0.25) is 0 Å². The first-order chi connectivity index (χ1) is 12.3. The van der Waals surface area contributed by atoms with Crippen LogP contribution < -0.4 is 5.32 Å². The molecule has 0 bridgehead atoms. The molecule has 0 aliphatic carbocycles. The molecule has 0 radical (unpaired) electrons. The van der Waals surface area contributed by atoms with Gasteiger partial charge in [0.15, 0.2) is 0 Å². The van der Waals surface area contributed by atoms with Crippen LogP contribution >= 0.6 is 0 Å².